The lowest BCUT2D eigenvalue weighted by molar-refractivity contribution is -0.0328. The van der Waals surface area contributed by atoms with Crippen LogP contribution in [0.5, 0.6) is 0 Å². The van der Waals surface area contributed by atoms with E-state index < -0.39 is 5.51 Å². The van der Waals surface area contributed by atoms with Gasteiger partial charge in [0.05, 0.1) is 0 Å². The van der Waals surface area contributed by atoms with Gasteiger partial charge in [-0.25, -0.2) is 4.98 Å². The summed E-state index contributed by atoms with van der Waals surface area (Å²) in [6.07, 6.45) is 2.36. The Balaban J connectivity index is 1.73. The van der Waals surface area contributed by atoms with Crippen LogP contribution in [0, 0.1) is 0 Å². The molecule has 0 amide bonds. The van der Waals surface area contributed by atoms with Crippen molar-refractivity contribution in [2.24, 2.45) is 7.05 Å². The second-order valence-corrected chi connectivity index (χ2v) is 5.59. The van der Waals surface area contributed by atoms with Crippen molar-refractivity contribution >= 4 is 11.8 Å². The molecule has 1 heterocycles. The molecule has 0 aliphatic heterocycles. The van der Waals surface area contributed by atoms with Crippen molar-refractivity contribution in [3.05, 3.63) is 42.0 Å². The molecule has 114 valence electrons. The zero-order chi connectivity index (χ0) is 15.3. The van der Waals surface area contributed by atoms with Crippen LogP contribution in [0.2, 0.25) is 0 Å². The third-order valence-corrected chi connectivity index (χ3v) is 3.40. The summed E-state index contributed by atoms with van der Waals surface area (Å²) < 4.78 is 38.2. The first kappa shape index (κ1) is 15.8. The van der Waals surface area contributed by atoms with Crippen LogP contribution in [0.4, 0.5) is 13.2 Å². The molecule has 0 radical (unpaired) electrons. The molecule has 0 spiro atoms. The maximum absolute atomic E-state index is 12.2. The van der Waals surface area contributed by atoms with Gasteiger partial charge in [0.15, 0.2) is 5.82 Å². The predicted molar refractivity (Wildman–Crippen MR) is 74.8 cm³/mol. The van der Waals surface area contributed by atoms with Crippen LogP contribution in [0.3, 0.4) is 0 Å². The molecule has 0 bridgehead atoms. The third-order valence-electron chi connectivity index (χ3n) is 2.66. The van der Waals surface area contributed by atoms with Gasteiger partial charge in [-0.3, -0.25) is 4.68 Å². The lowest BCUT2D eigenvalue weighted by Gasteiger charge is -2.07. The molecule has 21 heavy (non-hydrogen) atoms. The molecule has 0 fully saturated rings. The summed E-state index contributed by atoms with van der Waals surface area (Å²) >= 11 is -0.102. The number of aryl methyl sites for hydroxylation is 1. The Kier molecular flexibility index (Phi) is 5.24. The van der Waals surface area contributed by atoms with Crippen LogP contribution in [-0.2, 0) is 20.0 Å². The van der Waals surface area contributed by atoms with Crippen molar-refractivity contribution < 1.29 is 13.2 Å². The molecule has 0 aliphatic carbocycles. The molecule has 0 aliphatic rings. The van der Waals surface area contributed by atoms with Crippen LogP contribution in [0.25, 0.3) is 0 Å². The van der Waals surface area contributed by atoms with E-state index in [1.54, 1.807) is 23.1 Å². The Morgan fingerprint density at radius 2 is 1.95 bits per heavy atom. The first-order chi connectivity index (χ1) is 9.92. The number of thioether (sulfide) groups is 1. The number of nitrogens with zero attached hydrogens (tertiary/aromatic N) is 3. The van der Waals surface area contributed by atoms with Crippen LogP contribution in [-0.4, -0.2) is 26.8 Å². The fourth-order valence-corrected chi connectivity index (χ4v) is 2.28. The summed E-state index contributed by atoms with van der Waals surface area (Å²) in [7, 11) is 1.81. The Morgan fingerprint density at radius 1 is 1.24 bits per heavy atom. The van der Waals surface area contributed by atoms with Crippen molar-refractivity contribution in [2.75, 3.05) is 6.54 Å². The monoisotopic (exact) mass is 316 g/mol. The number of hydrogen-bond donors (Lipinski definition) is 1. The van der Waals surface area contributed by atoms with Gasteiger partial charge < -0.3 is 5.32 Å². The summed E-state index contributed by atoms with van der Waals surface area (Å²) in [6, 6.07) is 6.35. The van der Waals surface area contributed by atoms with E-state index in [9.17, 15) is 13.2 Å². The number of halogens is 3. The highest BCUT2D eigenvalue weighted by molar-refractivity contribution is 8.00. The molecule has 8 heteroatoms. The van der Waals surface area contributed by atoms with Gasteiger partial charge in [-0.05, 0) is 29.5 Å². The number of rotatable bonds is 6. The Morgan fingerprint density at radius 3 is 2.52 bits per heavy atom. The zero-order valence-corrected chi connectivity index (χ0v) is 12.2. The number of aromatic nitrogens is 3. The number of nitrogens with one attached hydrogen (secondary N) is 1. The molecule has 1 aromatic carbocycles. The molecule has 1 N–H and O–H groups in total. The van der Waals surface area contributed by atoms with E-state index in [4.69, 9.17) is 0 Å². The Hall–Kier alpha value is -1.54. The fourth-order valence-electron chi connectivity index (χ4n) is 1.74. The third kappa shape index (κ3) is 5.76. The van der Waals surface area contributed by atoms with Crippen molar-refractivity contribution in [1.29, 1.82) is 0 Å². The summed E-state index contributed by atoms with van der Waals surface area (Å²) in [5.41, 5.74) is -3.30. The van der Waals surface area contributed by atoms with Gasteiger partial charge >= 0.3 is 5.51 Å². The van der Waals surface area contributed by atoms with Crippen molar-refractivity contribution in [1.82, 2.24) is 20.1 Å². The lowest BCUT2D eigenvalue weighted by Crippen LogP contribution is -2.17. The average molecular weight is 316 g/mol. The minimum absolute atomic E-state index is 0.102. The molecule has 0 unspecified atom stereocenters. The van der Waals surface area contributed by atoms with E-state index in [1.807, 2.05) is 7.05 Å². The standard InChI is InChI=1S/C13H15F3N4S/c1-20-9-18-12(19-20)6-7-17-8-10-2-4-11(5-3-10)21-13(14,15)16/h2-5,9,17H,6-8H2,1H3. The van der Waals surface area contributed by atoms with E-state index in [2.05, 4.69) is 15.4 Å². The van der Waals surface area contributed by atoms with Crippen molar-refractivity contribution in [3.63, 3.8) is 0 Å². The lowest BCUT2D eigenvalue weighted by atomic mass is 10.2. The molecular formula is C13H15F3N4S. The van der Waals surface area contributed by atoms with Crippen molar-refractivity contribution in [3.8, 4) is 0 Å². The van der Waals surface area contributed by atoms with Crippen LogP contribution >= 0.6 is 11.8 Å². The molecule has 2 aromatic rings. The molecule has 0 saturated carbocycles. The normalized spacial score (nSPS) is 11.8. The molecule has 4 nitrogen and oxygen atoms in total. The maximum atomic E-state index is 12.2. The van der Waals surface area contributed by atoms with Crippen LogP contribution in [0.1, 0.15) is 11.4 Å². The highest BCUT2D eigenvalue weighted by atomic mass is 32.2. The van der Waals surface area contributed by atoms with Gasteiger partial charge in [0.2, 0.25) is 0 Å². The summed E-state index contributed by atoms with van der Waals surface area (Å²) in [4.78, 5) is 4.31. The highest BCUT2D eigenvalue weighted by Gasteiger charge is 2.28. The number of benzene rings is 1. The first-order valence-electron chi connectivity index (χ1n) is 6.32. The van der Waals surface area contributed by atoms with E-state index in [0.29, 0.717) is 19.5 Å². The summed E-state index contributed by atoms with van der Waals surface area (Å²) in [5.74, 6) is 0.766. The highest BCUT2D eigenvalue weighted by Crippen LogP contribution is 2.36. The largest absolute Gasteiger partial charge is 0.446 e. The average Bonchev–Trinajstić information content (AvgIpc) is 2.81. The van der Waals surface area contributed by atoms with Gasteiger partial charge in [-0.1, -0.05) is 12.1 Å². The quantitative estimate of drug-likeness (QED) is 0.657. The molecule has 1 aromatic heterocycles. The van der Waals surface area contributed by atoms with E-state index in [0.717, 1.165) is 11.4 Å². The summed E-state index contributed by atoms with van der Waals surface area (Å²) in [6.45, 7) is 1.31. The smallest absolute Gasteiger partial charge is 0.312 e. The number of hydrogen-bond acceptors (Lipinski definition) is 4. The Labute approximate surface area is 124 Å². The second-order valence-electron chi connectivity index (χ2n) is 4.45. The SMILES string of the molecule is Cn1cnc(CCNCc2ccc(SC(F)(F)F)cc2)n1. The van der Waals surface area contributed by atoms with Gasteiger partial charge in [0.25, 0.3) is 0 Å². The van der Waals surface area contributed by atoms with Gasteiger partial charge in [0, 0.05) is 31.5 Å². The fraction of sp³-hybridized carbons (Fsp3) is 0.385. The molecule has 0 atom stereocenters. The summed E-state index contributed by atoms with van der Waals surface area (Å²) in [5, 5.41) is 7.37. The van der Waals surface area contributed by atoms with E-state index >= 15 is 0 Å². The topological polar surface area (TPSA) is 42.7 Å². The van der Waals surface area contributed by atoms with E-state index in [-0.39, 0.29) is 16.7 Å². The molecule has 0 saturated heterocycles. The van der Waals surface area contributed by atoms with Crippen molar-refractivity contribution in [2.45, 2.75) is 23.4 Å². The minimum atomic E-state index is -4.24. The minimum Gasteiger partial charge on any atom is -0.312 e. The van der Waals surface area contributed by atoms with Gasteiger partial charge in [-0.15, -0.1) is 0 Å². The molecule has 2 rings (SSSR count). The maximum Gasteiger partial charge on any atom is 0.446 e. The first-order valence-corrected chi connectivity index (χ1v) is 7.14. The van der Waals surface area contributed by atoms with E-state index in [1.165, 1.54) is 12.1 Å². The van der Waals surface area contributed by atoms with Gasteiger partial charge in [-0.2, -0.15) is 18.3 Å². The number of alkyl halides is 3. The zero-order valence-electron chi connectivity index (χ0n) is 11.4. The van der Waals surface area contributed by atoms with Crippen LogP contribution in [0.15, 0.2) is 35.5 Å². The molecular weight excluding hydrogens is 301 g/mol. The van der Waals surface area contributed by atoms with Crippen LogP contribution < -0.4 is 5.32 Å². The predicted octanol–water partition coefficient (Wildman–Crippen LogP) is 2.76. The second kappa shape index (κ2) is 6.95. The van der Waals surface area contributed by atoms with Gasteiger partial charge in [0.1, 0.15) is 6.33 Å². The Bertz CT molecular complexity index is 566.